The number of aliphatic hydroxyl groups is 4. The number of unbranched alkanes of at least 4 members (excludes halogenated alkanes) is 3. The van der Waals surface area contributed by atoms with Gasteiger partial charge in [0.2, 0.25) is 0 Å². The minimum Gasteiger partial charge on any atom is -0.465 e. The number of nitro benzene ring substituents is 1. The number of likely N-dealkylation sites (tertiary alicyclic amines) is 1. The topological polar surface area (TPSA) is 166 Å². The summed E-state index contributed by atoms with van der Waals surface area (Å²) in [7, 11) is 0. The molecule has 1 aromatic rings. The second-order valence-corrected chi connectivity index (χ2v) is 8.64. The van der Waals surface area contributed by atoms with Crippen LogP contribution in [0.15, 0.2) is 18.2 Å². The molecule has 0 unspecified atom stereocenters. The van der Waals surface area contributed by atoms with Crippen molar-refractivity contribution in [2.45, 2.75) is 69.8 Å². The lowest BCUT2D eigenvalue weighted by atomic mass is 9.94. The first-order valence-corrected chi connectivity index (χ1v) is 11.8. The van der Waals surface area contributed by atoms with Crippen LogP contribution in [0, 0.1) is 10.1 Å². The summed E-state index contributed by atoms with van der Waals surface area (Å²) in [4.78, 5) is 24.5. The molecule has 34 heavy (non-hydrogen) atoms. The second-order valence-electron chi connectivity index (χ2n) is 8.64. The number of ether oxygens (including phenoxy) is 1. The molecule has 0 saturated carbocycles. The van der Waals surface area contributed by atoms with E-state index in [0.29, 0.717) is 37.4 Å². The number of esters is 1. The molecule has 0 aliphatic carbocycles. The van der Waals surface area contributed by atoms with Gasteiger partial charge in [0.15, 0.2) is 0 Å². The van der Waals surface area contributed by atoms with Gasteiger partial charge >= 0.3 is 5.97 Å². The molecule has 0 bridgehead atoms. The smallest absolute Gasteiger partial charge is 0.310 e. The molecule has 0 amide bonds. The highest BCUT2D eigenvalue weighted by molar-refractivity contribution is 5.74. The monoisotopic (exact) mass is 483 g/mol. The Bertz CT molecular complexity index is 793. The van der Waals surface area contributed by atoms with Crippen LogP contribution in [-0.2, 0) is 16.0 Å². The van der Waals surface area contributed by atoms with Gasteiger partial charge in [0.05, 0.1) is 36.7 Å². The fourth-order valence-corrected chi connectivity index (χ4v) is 4.07. The molecule has 0 spiro atoms. The summed E-state index contributed by atoms with van der Waals surface area (Å²) in [5.41, 5.74) is 0.844. The van der Waals surface area contributed by atoms with E-state index in [1.807, 2.05) is 6.92 Å². The molecule has 2 rings (SSSR count). The van der Waals surface area contributed by atoms with Gasteiger partial charge in [-0.3, -0.25) is 19.8 Å². The molecule has 4 atom stereocenters. The number of benzene rings is 1. The normalized spacial score (nSPS) is 23.0. The predicted molar refractivity (Wildman–Crippen MR) is 125 cm³/mol. The van der Waals surface area contributed by atoms with Crippen molar-refractivity contribution in [2.24, 2.45) is 0 Å². The molecule has 0 radical (unpaired) electrons. The zero-order chi connectivity index (χ0) is 25.1. The number of nitrogens with one attached hydrogen (secondary N) is 1. The van der Waals surface area contributed by atoms with Crippen LogP contribution < -0.4 is 5.32 Å². The van der Waals surface area contributed by atoms with E-state index >= 15 is 0 Å². The summed E-state index contributed by atoms with van der Waals surface area (Å²) in [5.74, 6) is -0.410. The number of carbonyl (C=O) groups is 1. The lowest BCUT2D eigenvalue weighted by Crippen LogP contribution is -2.62. The van der Waals surface area contributed by atoms with Crippen LogP contribution in [-0.4, -0.2) is 93.4 Å². The number of nitrogens with zero attached hydrogens (tertiary/aromatic N) is 2. The Hall–Kier alpha value is -2.31. The first kappa shape index (κ1) is 27.9. The van der Waals surface area contributed by atoms with E-state index in [1.54, 1.807) is 17.0 Å². The van der Waals surface area contributed by atoms with Crippen LogP contribution in [0.1, 0.15) is 44.6 Å². The van der Waals surface area contributed by atoms with Crippen LogP contribution in [0.5, 0.6) is 0 Å². The van der Waals surface area contributed by atoms with Crippen molar-refractivity contribution in [3.63, 3.8) is 0 Å². The largest absolute Gasteiger partial charge is 0.465 e. The van der Waals surface area contributed by atoms with Crippen LogP contribution in [0.25, 0.3) is 0 Å². The molecule has 11 heteroatoms. The van der Waals surface area contributed by atoms with Gasteiger partial charge in [0.1, 0.15) is 17.9 Å². The second kappa shape index (κ2) is 14.2. The van der Waals surface area contributed by atoms with E-state index in [2.05, 4.69) is 5.32 Å². The summed E-state index contributed by atoms with van der Waals surface area (Å²) < 4.78 is 5.03. The lowest BCUT2D eigenvalue weighted by molar-refractivity contribution is -0.384. The number of carbonyl (C=O) groups excluding carboxylic acids is 1. The zero-order valence-electron chi connectivity index (χ0n) is 19.6. The van der Waals surface area contributed by atoms with Crippen LogP contribution in [0.3, 0.4) is 0 Å². The maximum absolute atomic E-state index is 11.8. The molecular weight excluding hydrogens is 446 g/mol. The quantitative estimate of drug-likeness (QED) is 0.111. The Balaban J connectivity index is 1.74. The summed E-state index contributed by atoms with van der Waals surface area (Å²) in [5, 5.41) is 53.7. The molecule has 1 fully saturated rings. The maximum Gasteiger partial charge on any atom is 0.310 e. The van der Waals surface area contributed by atoms with Crippen LogP contribution >= 0.6 is 0 Å². The van der Waals surface area contributed by atoms with E-state index in [-0.39, 0.29) is 25.3 Å². The van der Waals surface area contributed by atoms with Crippen molar-refractivity contribution in [3.8, 4) is 0 Å². The highest BCUT2D eigenvalue weighted by atomic mass is 16.6. The predicted octanol–water partition coefficient (Wildman–Crippen LogP) is 0.822. The van der Waals surface area contributed by atoms with Crippen molar-refractivity contribution in [1.82, 2.24) is 4.90 Å². The van der Waals surface area contributed by atoms with Gasteiger partial charge in [-0.1, -0.05) is 25.8 Å². The number of nitro groups is 1. The minimum absolute atomic E-state index is 0.0116. The van der Waals surface area contributed by atoms with Gasteiger partial charge in [-0.2, -0.15) is 0 Å². The third kappa shape index (κ3) is 8.17. The number of anilines is 1. The first-order valence-electron chi connectivity index (χ1n) is 11.8. The van der Waals surface area contributed by atoms with E-state index in [0.717, 1.165) is 25.7 Å². The van der Waals surface area contributed by atoms with Gasteiger partial charge in [-0.15, -0.1) is 0 Å². The van der Waals surface area contributed by atoms with Gasteiger partial charge in [0.25, 0.3) is 5.69 Å². The Morgan fingerprint density at radius 1 is 1.21 bits per heavy atom. The fourth-order valence-electron chi connectivity index (χ4n) is 4.07. The number of β-amino-alcohol motifs (C(OH)–C–C–N with tert-alkyl or cyclic N) is 1. The lowest BCUT2D eigenvalue weighted by Gasteiger charge is -2.43. The van der Waals surface area contributed by atoms with Gasteiger partial charge in [-0.05, 0) is 37.4 Å². The summed E-state index contributed by atoms with van der Waals surface area (Å²) in [6.07, 6.45) is 0.514. The number of rotatable bonds is 14. The Morgan fingerprint density at radius 3 is 2.62 bits per heavy atom. The van der Waals surface area contributed by atoms with E-state index in [1.165, 1.54) is 6.07 Å². The first-order chi connectivity index (χ1) is 16.3. The summed E-state index contributed by atoms with van der Waals surface area (Å²) in [6, 6.07) is 4.08. The van der Waals surface area contributed by atoms with E-state index in [9.17, 15) is 35.3 Å². The Morgan fingerprint density at radius 2 is 1.94 bits per heavy atom. The highest BCUT2D eigenvalue weighted by Gasteiger charge is 2.40. The number of aliphatic hydroxyl groups excluding tert-OH is 4. The van der Waals surface area contributed by atoms with E-state index in [4.69, 9.17) is 4.74 Å². The van der Waals surface area contributed by atoms with Crippen molar-refractivity contribution in [2.75, 3.05) is 38.2 Å². The van der Waals surface area contributed by atoms with Crippen molar-refractivity contribution >= 4 is 17.3 Å². The molecular formula is C23H37N3O8. The number of hydrogen-bond acceptors (Lipinski definition) is 10. The Kier molecular flexibility index (Phi) is 11.6. The molecule has 1 saturated heterocycles. The maximum atomic E-state index is 11.8. The van der Waals surface area contributed by atoms with Crippen molar-refractivity contribution < 1.29 is 34.9 Å². The molecule has 192 valence electrons. The molecule has 5 N–H and O–H groups in total. The number of hydrogen-bond donors (Lipinski definition) is 5. The van der Waals surface area contributed by atoms with Gasteiger partial charge < -0.3 is 30.5 Å². The highest BCUT2D eigenvalue weighted by Crippen LogP contribution is 2.26. The zero-order valence-corrected chi connectivity index (χ0v) is 19.6. The molecule has 1 aliphatic heterocycles. The third-order valence-electron chi connectivity index (χ3n) is 5.98. The van der Waals surface area contributed by atoms with Crippen molar-refractivity contribution in [3.05, 3.63) is 33.9 Å². The third-order valence-corrected chi connectivity index (χ3v) is 5.98. The van der Waals surface area contributed by atoms with Gasteiger partial charge in [-0.25, -0.2) is 0 Å². The SMILES string of the molecule is CCCOC(=O)Cc1ccc(NCCCCCCN2C[C@H](O)[C@@H](O)[C@H](O)[C@H]2CO)c([N+](=O)[O-])c1. The van der Waals surface area contributed by atoms with Crippen molar-refractivity contribution in [1.29, 1.82) is 0 Å². The van der Waals surface area contributed by atoms with Crippen LogP contribution in [0.2, 0.25) is 0 Å². The molecule has 1 aliphatic rings. The molecule has 1 aromatic carbocycles. The minimum atomic E-state index is -1.26. The molecule has 1 heterocycles. The fraction of sp³-hybridized carbons (Fsp3) is 0.696. The van der Waals surface area contributed by atoms with E-state index < -0.39 is 35.2 Å². The average Bonchev–Trinajstić information content (AvgIpc) is 2.81. The standard InChI is InChI=1S/C23H37N3O8/c1-2-11-34-21(29)13-16-7-8-17(18(12-16)26(32)33)24-9-5-3-4-6-10-25-14-20(28)23(31)22(30)19(25)15-27/h7-8,12,19-20,22-24,27-28,30-31H,2-6,9-11,13-15H2,1H3/t19-,20+,22-,23-/m1/s1. The summed E-state index contributed by atoms with van der Waals surface area (Å²) >= 11 is 0. The molecule has 11 nitrogen and oxygen atoms in total. The van der Waals surface area contributed by atoms with Gasteiger partial charge in [0, 0.05) is 19.2 Å². The molecule has 0 aromatic heterocycles. The Labute approximate surface area is 199 Å². The summed E-state index contributed by atoms with van der Waals surface area (Å²) in [6.45, 7) is 3.24. The number of piperidine rings is 1. The van der Waals surface area contributed by atoms with Crippen LogP contribution in [0.4, 0.5) is 11.4 Å². The average molecular weight is 484 g/mol.